The molecular formula is C8H15N3. The normalized spacial score (nSPS) is 13.4. The number of hydrogen-bond donors (Lipinski definition) is 1. The minimum atomic E-state index is 0.146. The first-order chi connectivity index (χ1) is 5.25. The summed E-state index contributed by atoms with van der Waals surface area (Å²) in [5.74, 6) is 0. The maximum absolute atomic E-state index is 5.89. The van der Waals surface area contributed by atoms with E-state index in [1.54, 1.807) is 6.33 Å². The van der Waals surface area contributed by atoms with E-state index in [2.05, 4.69) is 11.9 Å². The van der Waals surface area contributed by atoms with E-state index in [1.807, 2.05) is 17.8 Å². The van der Waals surface area contributed by atoms with E-state index >= 15 is 0 Å². The summed E-state index contributed by atoms with van der Waals surface area (Å²) in [7, 11) is 1.97. The van der Waals surface area contributed by atoms with Crippen LogP contribution in [0.4, 0.5) is 0 Å². The highest BCUT2D eigenvalue weighted by molar-refractivity contribution is 5.03. The molecule has 0 spiro atoms. The molecule has 0 fully saturated rings. The summed E-state index contributed by atoms with van der Waals surface area (Å²) in [6.45, 7) is 2.14. The van der Waals surface area contributed by atoms with Crippen molar-refractivity contribution in [2.45, 2.75) is 25.8 Å². The zero-order chi connectivity index (χ0) is 8.27. The van der Waals surface area contributed by atoms with Gasteiger partial charge in [0.05, 0.1) is 12.0 Å². The number of hydrogen-bond acceptors (Lipinski definition) is 2. The Hall–Kier alpha value is -0.830. The minimum absolute atomic E-state index is 0.146. The van der Waals surface area contributed by atoms with Gasteiger partial charge in [-0.25, -0.2) is 4.98 Å². The SMILES string of the molecule is CCCC(N)c1cncn1C. The van der Waals surface area contributed by atoms with Crippen molar-refractivity contribution in [1.29, 1.82) is 0 Å². The standard InChI is InChI=1S/C8H15N3/c1-3-4-7(9)8-5-10-6-11(8)2/h5-7H,3-4,9H2,1-2H3. The molecule has 1 aromatic heterocycles. The van der Waals surface area contributed by atoms with Crippen LogP contribution in [0.3, 0.4) is 0 Å². The molecule has 62 valence electrons. The molecule has 1 rings (SSSR count). The lowest BCUT2D eigenvalue weighted by atomic mass is 10.1. The van der Waals surface area contributed by atoms with Gasteiger partial charge >= 0.3 is 0 Å². The van der Waals surface area contributed by atoms with Gasteiger partial charge in [-0.2, -0.15) is 0 Å². The summed E-state index contributed by atoms with van der Waals surface area (Å²) >= 11 is 0. The number of nitrogens with zero attached hydrogens (tertiary/aromatic N) is 2. The Balaban J connectivity index is 2.67. The maximum atomic E-state index is 5.89. The number of imidazole rings is 1. The van der Waals surface area contributed by atoms with Gasteiger partial charge in [-0.3, -0.25) is 0 Å². The van der Waals surface area contributed by atoms with Gasteiger partial charge in [0.15, 0.2) is 0 Å². The topological polar surface area (TPSA) is 43.8 Å². The van der Waals surface area contributed by atoms with Crippen molar-refractivity contribution in [3.63, 3.8) is 0 Å². The fourth-order valence-corrected chi connectivity index (χ4v) is 1.18. The molecule has 0 saturated carbocycles. The Labute approximate surface area is 67.2 Å². The van der Waals surface area contributed by atoms with Crippen LogP contribution in [-0.4, -0.2) is 9.55 Å². The molecule has 3 heteroatoms. The first-order valence-corrected chi connectivity index (χ1v) is 3.97. The summed E-state index contributed by atoms with van der Waals surface area (Å²) < 4.78 is 1.97. The Morgan fingerprint density at radius 2 is 2.45 bits per heavy atom. The number of nitrogens with two attached hydrogens (primary N) is 1. The van der Waals surface area contributed by atoms with Crippen molar-refractivity contribution in [3.8, 4) is 0 Å². The average molecular weight is 153 g/mol. The lowest BCUT2D eigenvalue weighted by Gasteiger charge is -2.09. The third-order valence-electron chi connectivity index (χ3n) is 1.83. The highest BCUT2D eigenvalue weighted by Gasteiger charge is 2.07. The highest BCUT2D eigenvalue weighted by atomic mass is 15.0. The van der Waals surface area contributed by atoms with Crippen LogP contribution in [0.15, 0.2) is 12.5 Å². The van der Waals surface area contributed by atoms with Gasteiger partial charge in [-0.05, 0) is 6.42 Å². The molecule has 0 aliphatic carbocycles. The summed E-state index contributed by atoms with van der Waals surface area (Å²) in [5, 5.41) is 0. The second-order valence-corrected chi connectivity index (χ2v) is 2.82. The van der Waals surface area contributed by atoms with Gasteiger partial charge in [-0.1, -0.05) is 13.3 Å². The van der Waals surface area contributed by atoms with Crippen LogP contribution >= 0.6 is 0 Å². The van der Waals surface area contributed by atoms with Crippen molar-refractivity contribution in [2.24, 2.45) is 12.8 Å². The third kappa shape index (κ3) is 1.80. The van der Waals surface area contributed by atoms with Crippen LogP contribution in [0, 0.1) is 0 Å². The number of aromatic nitrogens is 2. The first kappa shape index (κ1) is 8.27. The smallest absolute Gasteiger partial charge is 0.0946 e. The molecule has 1 aromatic rings. The van der Waals surface area contributed by atoms with Crippen molar-refractivity contribution >= 4 is 0 Å². The Morgan fingerprint density at radius 3 is 2.91 bits per heavy atom. The third-order valence-corrected chi connectivity index (χ3v) is 1.83. The molecule has 3 nitrogen and oxygen atoms in total. The molecule has 0 aromatic carbocycles. The second-order valence-electron chi connectivity index (χ2n) is 2.82. The predicted octanol–water partition coefficient (Wildman–Crippen LogP) is 1.22. The Morgan fingerprint density at radius 1 is 1.73 bits per heavy atom. The molecule has 0 aliphatic rings. The Bertz CT molecular complexity index is 217. The molecule has 0 bridgehead atoms. The van der Waals surface area contributed by atoms with Crippen LogP contribution in [0.2, 0.25) is 0 Å². The average Bonchev–Trinajstić information content (AvgIpc) is 2.36. The quantitative estimate of drug-likeness (QED) is 0.709. The lowest BCUT2D eigenvalue weighted by Crippen LogP contribution is -2.13. The first-order valence-electron chi connectivity index (χ1n) is 3.97. The summed E-state index contributed by atoms with van der Waals surface area (Å²) in [6.07, 6.45) is 5.76. The van der Waals surface area contributed by atoms with E-state index in [-0.39, 0.29) is 6.04 Å². The largest absolute Gasteiger partial charge is 0.336 e. The van der Waals surface area contributed by atoms with Crippen LogP contribution in [0.25, 0.3) is 0 Å². The zero-order valence-electron chi connectivity index (χ0n) is 7.12. The van der Waals surface area contributed by atoms with E-state index in [0.29, 0.717) is 0 Å². The summed E-state index contributed by atoms with van der Waals surface area (Å²) in [4.78, 5) is 4.01. The summed E-state index contributed by atoms with van der Waals surface area (Å²) in [6, 6.07) is 0.146. The molecule has 11 heavy (non-hydrogen) atoms. The van der Waals surface area contributed by atoms with E-state index in [0.717, 1.165) is 18.5 Å². The molecule has 0 radical (unpaired) electrons. The van der Waals surface area contributed by atoms with Gasteiger partial charge in [0.25, 0.3) is 0 Å². The predicted molar refractivity (Wildman–Crippen MR) is 45.0 cm³/mol. The van der Waals surface area contributed by atoms with E-state index < -0.39 is 0 Å². The Kier molecular flexibility index (Phi) is 2.65. The van der Waals surface area contributed by atoms with Gasteiger partial charge in [0.2, 0.25) is 0 Å². The van der Waals surface area contributed by atoms with E-state index in [9.17, 15) is 0 Å². The minimum Gasteiger partial charge on any atom is -0.336 e. The van der Waals surface area contributed by atoms with Crippen LogP contribution in [0.1, 0.15) is 31.5 Å². The summed E-state index contributed by atoms with van der Waals surface area (Å²) in [5.41, 5.74) is 7.01. The van der Waals surface area contributed by atoms with Crippen LogP contribution in [-0.2, 0) is 7.05 Å². The molecular weight excluding hydrogens is 138 g/mol. The molecule has 1 atom stereocenters. The van der Waals surface area contributed by atoms with Crippen molar-refractivity contribution in [1.82, 2.24) is 9.55 Å². The fourth-order valence-electron chi connectivity index (χ4n) is 1.18. The molecule has 0 saturated heterocycles. The second kappa shape index (κ2) is 3.53. The van der Waals surface area contributed by atoms with Gasteiger partial charge < -0.3 is 10.3 Å². The molecule has 0 amide bonds. The maximum Gasteiger partial charge on any atom is 0.0946 e. The molecule has 1 heterocycles. The number of aryl methyl sites for hydroxylation is 1. The van der Waals surface area contributed by atoms with Gasteiger partial charge in [0.1, 0.15) is 0 Å². The van der Waals surface area contributed by atoms with Crippen LogP contribution in [0.5, 0.6) is 0 Å². The van der Waals surface area contributed by atoms with Crippen molar-refractivity contribution in [2.75, 3.05) is 0 Å². The lowest BCUT2D eigenvalue weighted by molar-refractivity contribution is 0.597. The van der Waals surface area contributed by atoms with Crippen LogP contribution < -0.4 is 5.73 Å². The number of rotatable bonds is 3. The van der Waals surface area contributed by atoms with E-state index in [1.165, 1.54) is 0 Å². The highest BCUT2D eigenvalue weighted by Crippen LogP contribution is 2.13. The fraction of sp³-hybridized carbons (Fsp3) is 0.625. The van der Waals surface area contributed by atoms with E-state index in [4.69, 9.17) is 5.73 Å². The van der Waals surface area contributed by atoms with Gasteiger partial charge in [0, 0.05) is 19.3 Å². The molecule has 1 unspecified atom stereocenters. The van der Waals surface area contributed by atoms with Crippen molar-refractivity contribution in [3.05, 3.63) is 18.2 Å². The van der Waals surface area contributed by atoms with Gasteiger partial charge in [-0.15, -0.1) is 0 Å². The zero-order valence-corrected chi connectivity index (χ0v) is 7.12. The molecule has 0 aliphatic heterocycles. The molecule has 2 N–H and O–H groups in total. The van der Waals surface area contributed by atoms with Crippen molar-refractivity contribution < 1.29 is 0 Å². The monoisotopic (exact) mass is 153 g/mol.